The molecule has 13 atom stereocenters. The third kappa shape index (κ3) is 34.7. The van der Waals surface area contributed by atoms with Crippen molar-refractivity contribution in [2.75, 3.05) is 38.3 Å². The van der Waals surface area contributed by atoms with Crippen molar-refractivity contribution in [3.63, 3.8) is 0 Å². The lowest BCUT2D eigenvalue weighted by molar-refractivity contribution is -0.142. The number of H-pyrrole nitrogens is 1. The molecule has 0 saturated carbocycles. The number of imidazole rings is 1. The summed E-state index contributed by atoms with van der Waals surface area (Å²) in [6.45, 7) is 10.8. The van der Waals surface area contributed by atoms with Gasteiger partial charge >= 0.3 is 11.9 Å². The normalized spacial score (nSPS) is 15.1. The Morgan fingerprint density at radius 2 is 0.980 bits per heavy atom. The maximum atomic E-state index is 14.5. The number of hydrogen-bond donors (Lipinski definition) is 21. The fourth-order valence-corrected chi connectivity index (χ4v) is 10.2. The van der Waals surface area contributed by atoms with E-state index in [2.05, 4.69) is 73.8 Å². The average Bonchev–Trinajstić information content (AvgIpc) is 1.17. The fraction of sp³-hybridized carbons (Fsp3) is 0.694. The molecule has 0 spiro atoms. The summed E-state index contributed by atoms with van der Waals surface area (Å²) >= 11 is 1.27. The van der Waals surface area contributed by atoms with Crippen LogP contribution in [0.2, 0.25) is 0 Å². The molecule has 0 aliphatic carbocycles. The number of primary amides is 2. The van der Waals surface area contributed by atoms with E-state index in [0.717, 1.165) is 0 Å². The second kappa shape index (κ2) is 47.1. The van der Waals surface area contributed by atoms with Gasteiger partial charge in [-0.05, 0) is 93.6 Å². The maximum absolute atomic E-state index is 14.5. The topological polar surface area (TPSA) is 631 Å². The Morgan fingerprint density at radius 1 is 0.515 bits per heavy atom. The first kappa shape index (κ1) is 89.9. The molecule has 101 heavy (non-hydrogen) atoms. The van der Waals surface area contributed by atoms with E-state index in [9.17, 15) is 97.1 Å². The zero-order chi connectivity index (χ0) is 76.8. The number of thioether (sulfide) groups is 1. The Bertz CT molecular complexity index is 2940. The first-order valence-corrected chi connectivity index (χ1v) is 34.6. The van der Waals surface area contributed by atoms with Crippen LogP contribution in [0.3, 0.4) is 0 Å². The van der Waals surface area contributed by atoms with Crippen LogP contribution >= 0.6 is 11.8 Å². The molecule has 14 amide bonds. The molecule has 0 aliphatic rings. The van der Waals surface area contributed by atoms with Gasteiger partial charge < -0.3 is 112 Å². The van der Waals surface area contributed by atoms with Crippen LogP contribution in [0.25, 0.3) is 0 Å². The monoisotopic (exact) mass is 1450 g/mol. The quantitative estimate of drug-likeness (QED) is 0.0270. The highest BCUT2D eigenvalue weighted by Crippen LogP contribution is 2.15. The summed E-state index contributed by atoms with van der Waals surface area (Å²) in [5.74, 6) is -18.6. The van der Waals surface area contributed by atoms with Crippen molar-refractivity contribution >= 4 is 106 Å². The Morgan fingerprint density at radius 3 is 1.47 bits per heavy atom. The molecule has 1 aromatic heterocycles. The van der Waals surface area contributed by atoms with Crippen LogP contribution in [0.15, 0.2) is 12.5 Å². The van der Waals surface area contributed by atoms with Crippen molar-refractivity contribution < 1.29 is 97.1 Å². The average molecular weight is 1460 g/mol. The minimum absolute atomic E-state index is 0.0341. The molecule has 0 aliphatic heterocycles. The molecule has 1 heterocycles. The van der Waals surface area contributed by atoms with Gasteiger partial charge in [0.15, 0.2) is 0 Å². The lowest BCUT2D eigenvalue weighted by atomic mass is 9.96. The zero-order valence-corrected chi connectivity index (χ0v) is 59.4. The van der Waals surface area contributed by atoms with E-state index in [-0.39, 0.29) is 61.8 Å². The molecule has 570 valence electrons. The Balaban J connectivity index is 3.63. The molecule has 39 heteroatoms. The lowest BCUT2D eigenvalue weighted by Crippen LogP contribution is -2.62. The number of carbonyl (C=O) groups excluding carboxylic acids is 14. The maximum Gasteiger partial charge on any atom is 0.326 e. The molecule has 38 nitrogen and oxygen atoms in total. The third-order valence-electron chi connectivity index (χ3n) is 15.6. The first-order chi connectivity index (χ1) is 47.4. The van der Waals surface area contributed by atoms with Gasteiger partial charge in [0.05, 0.1) is 32.5 Å². The number of amides is 14. The highest BCUT2D eigenvalue weighted by atomic mass is 32.2. The smallest absolute Gasteiger partial charge is 0.326 e. The predicted octanol–water partition coefficient (Wildman–Crippen LogP) is -6.52. The van der Waals surface area contributed by atoms with Crippen LogP contribution in [0.4, 0.5) is 0 Å². The van der Waals surface area contributed by atoms with Gasteiger partial charge in [-0.15, -0.1) is 0 Å². The molecule has 1 rings (SSSR count). The number of unbranched alkanes of at least 4 members (excludes halogenated alkanes) is 1. The summed E-state index contributed by atoms with van der Waals surface area (Å²) in [6.07, 6.45) is 1.71. The number of hydrogen-bond acceptors (Lipinski definition) is 22. The van der Waals surface area contributed by atoms with Crippen LogP contribution in [-0.2, 0) is 83.1 Å². The van der Waals surface area contributed by atoms with Crippen molar-refractivity contribution in [3.05, 3.63) is 18.2 Å². The molecule has 0 aromatic carbocycles. The van der Waals surface area contributed by atoms with Gasteiger partial charge in [-0.3, -0.25) is 71.9 Å². The number of carboxylic acid groups (broad SMARTS) is 2. The number of aliphatic hydroxyl groups is 2. The lowest BCUT2D eigenvalue weighted by Gasteiger charge is -2.30. The number of aromatic amines is 1. The standard InChI is InChI=1S/C62H106N18O20S/c1-10-33(8)50(80-55(92)37(15-17-48(86)87)71-59(96)44(28-82)78-60(97)49(32(6)7)79-51(88)35(64)27-81)61(98)73-36(14-16-45(65)83)53(90)75-41(22-31(4)5)56(93)72-38(18-20-101-9)54(91)76-42(23-34-25-67-29-69-34)57(94)77-43(24-46(66)84)58(95)74-40(21-30(2)3)52(89)68-26-47(85)70-39(62(99)100)13-11-12-19-63/h25,29-33,35-44,49-50,81-82H,10-24,26-28,63-64H2,1-9H3,(H2,65,83)(H2,66,84)(H,67,69)(H,68,89)(H,70,85)(H,71,96)(H,72,93)(H,73,98)(H,74,95)(H,75,90)(H,76,91)(H,77,94)(H,78,97)(H,79,88)(H,80,92)(H,86,87)(H,99,100). The summed E-state index contributed by atoms with van der Waals surface area (Å²) in [7, 11) is 0. The number of nitrogens with one attached hydrogen (secondary N) is 13. The zero-order valence-electron chi connectivity index (χ0n) is 58.6. The van der Waals surface area contributed by atoms with Crippen molar-refractivity contribution in [3.8, 4) is 0 Å². The number of nitrogens with zero attached hydrogens (tertiary/aromatic N) is 1. The van der Waals surface area contributed by atoms with Gasteiger partial charge in [-0.25, -0.2) is 9.78 Å². The number of carbonyl (C=O) groups is 16. The summed E-state index contributed by atoms with van der Waals surface area (Å²) in [6, 6.07) is -18.6. The molecule has 25 N–H and O–H groups in total. The molecule has 13 unspecified atom stereocenters. The highest BCUT2D eigenvalue weighted by Gasteiger charge is 2.39. The molecule has 0 saturated heterocycles. The highest BCUT2D eigenvalue weighted by molar-refractivity contribution is 7.98. The molecule has 1 aromatic rings. The van der Waals surface area contributed by atoms with Crippen LogP contribution in [0, 0.1) is 23.7 Å². The van der Waals surface area contributed by atoms with Crippen molar-refractivity contribution in [1.82, 2.24) is 73.8 Å². The summed E-state index contributed by atoms with van der Waals surface area (Å²) in [5, 5.41) is 67.9. The van der Waals surface area contributed by atoms with E-state index >= 15 is 0 Å². The second-order valence-corrected chi connectivity index (χ2v) is 26.4. The van der Waals surface area contributed by atoms with E-state index in [0.29, 0.717) is 19.4 Å². The summed E-state index contributed by atoms with van der Waals surface area (Å²) in [5.41, 5.74) is 22.4. The van der Waals surface area contributed by atoms with Gasteiger partial charge in [0, 0.05) is 31.2 Å². The van der Waals surface area contributed by atoms with E-state index in [1.807, 2.05) is 0 Å². The van der Waals surface area contributed by atoms with E-state index in [4.69, 9.17) is 22.9 Å². The van der Waals surface area contributed by atoms with E-state index < -0.39 is 231 Å². The summed E-state index contributed by atoms with van der Waals surface area (Å²) in [4.78, 5) is 221. The molecule has 0 fully saturated rings. The summed E-state index contributed by atoms with van der Waals surface area (Å²) < 4.78 is 0. The van der Waals surface area contributed by atoms with Gasteiger partial charge in [0.1, 0.15) is 72.5 Å². The van der Waals surface area contributed by atoms with Crippen LogP contribution in [-0.4, -0.2) is 236 Å². The van der Waals surface area contributed by atoms with Gasteiger partial charge in [-0.1, -0.05) is 61.8 Å². The van der Waals surface area contributed by atoms with Crippen molar-refractivity contribution in [1.29, 1.82) is 0 Å². The van der Waals surface area contributed by atoms with E-state index in [1.54, 1.807) is 40.9 Å². The Hall–Kier alpha value is -9.08. The Labute approximate surface area is 589 Å². The number of carboxylic acids is 2. The van der Waals surface area contributed by atoms with Gasteiger partial charge in [0.25, 0.3) is 0 Å². The molecule has 0 radical (unpaired) electrons. The Kier molecular flexibility index (Phi) is 41.9. The molecule has 0 bridgehead atoms. The minimum atomic E-state index is -1.80. The number of nitrogens with two attached hydrogens (primary N) is 4. The van der Waals surface area contributed by atoms with Gasteiger partial charge in [0.2, 0.25) is 82.7 Å². The van der Waals surface area contributed by atoms with Crippen molar-refractivity contribution in [2.24, 2.45) is 46.6 Å². The predicted molar refractivity (Wildman–Crippen MR) is 365 cm³/mol. The van der Waals surface area contributed by atoms with Crippen LogP contribution in [0.5, 0.6) is 0 Å². The largest absolute Gasteiger partial charge is 0.481 e. The first-order valence-electron chi connectivity index (χ1n) is 33.2. The molecular formula is C62H106N18O20S. The van der Waals surface area contributed by atoms with Crippen molar-refractivity contribution in [2.45, 2.75) is 211 Å². The second-order valence-electron chi connectivity index (χ2n) is 25.5. The fourth-order valence-electron chi connectivity index (χ4n) is 9.71. The van der Waals surface area contributed by atoms with Gasteiger partial charge in [-0.2, -0.15) is 11.8 Å². The third-order valence-corrected chi connectivity index (χ3v) is 16.2. The van der Waals surface area contributed by atoms with Crippen LogP contribution < -0.4 is 86.7 Å². The number of aliphatic carboxylic acids is 2. The number of rotatable bonds is 51. The number of aliphatic hydroxyl groups excluding tert-OH is 2. The molecular weight excluding hydrogens is 1350 g/mol. The SMILES string of the molecule is CCC(C)C(NC(=O)C(CCC(=O)O)NC(=O)C(CO)NC(=O)C(NC(=O)C(N)CO)C(C)C)C(=O)NC(CCC(N)=O)C(=O)NC(CC(C)C)C(=O)NC(CCSC)C(=O)NC(Cc1cnc[nH]1)C(=O)NC(CC(N)=O)C(=O)NC(CC(C)C)C(=O)NCC(=O)NC(CCCCN)C(=O)O. The van der Waals surface area contributed by atoms with Crippen LogP contribution in [0.1, 0.15) is 138 Å². The number of aromatic nitrogens is 2. The van der Waals surface area contributed by atoms with E-state index in [1.165, 1.54) is 45.1 Å². The minimum Gasteiger partial charge on any atom is -0.481 e.